The fourth-order valence-corrected chi connectivity index (χ4v) is 18.0. The van der Waals surface area contributed by atoms with Gasteiger partial charge in [-0.1, -0.05) is 0 Å². The summed E-state index contributed by atoms with van der Waals surface area (Å²) in [6.07, 6.45) is 10.9. The molecule has 1 rings (SSSR count). The molecule has 1 heteroatoms. The van der Waals surface area contributed by atoms with Crippen LogP contribution in [0.5, 0.6) is 0 Å². The molecule has 0 unspecified atom stereocenters. The Morgan fingerprint density at radius 3 is 1.54 bits per heavy atom. The summed E-state index contributed by atoms with van der Waals surface area (Å²) in [6.45, 7) is 13.8. The molecule has 0 aliphatic heterocycles. The first-order valence-corrected chi connectivity index (χ1v) is 17.9. The van der Waals surface area contributed by atoms with Gasteiger partial charge in [-0.05, 0) is 0 Å². The predicted octanol–water partition coefficient (Wildman–Crippen LogP) is 8.01. The van der Waals surface area contributed by atoms with Gasteiger partial charge in [-0.15, -0.1) is 0 Å². The van der Waals surface area contributed by atoms with Crippen molar-refractivity contribution in [1.82, 2.24) is 0 Å². The predicted molar refractivity (Wildman–Crippen MR) is 115 cm³/mol. The summed E-state index contributed by atoms with van der Waals surface area (Å²) < 4.78 is 7.49. The van der Waals surface area contributed by atoms with Crippen LogP contribution in [0.1, 0.15) is 81.5 Å². The molecule has 0 fully saturated rings. The van der Waals surface area contributed by atoms with Crippen LogP contribution in [0.4, 0.5) is 0 Å². The van der Waals surface area contributed by atoms with Crippen LogP contribution in [0.15, 0.2) is 16.2 Å². The monoisotopic (exact) mass is 436 g/mol. The summed E-state index contributed by atoms with van der Waals surface area (Å²) in [5, 5.41) is 0. The van der Waals surface area contributed by atoms with Crippen molar-refractivity contribution in [3.05, 3.63) is 38.5 Å². The minimum absolute atomic E-state index is 1.35. The Morgan fingerprint density at radius 1 is 0.750 bits per heavy atom. The zero-order chi connectivity index (χ0) is 18.0. The number of aryl methyl sites for hydroxylation is 3. The molecule has 0 amide bonds. The zero-order valence-electron chi connectivity index (χ0n) is 17.2. The molecule has 0 aromatic heterocycles. The summed E-state index contributed by atoms with van der Waals surface area (Å²) in [4.78, 5) is 0. The van der Waals surface area contributed by atoms with Crippen LogP contribution in [0, 0.1) is 20.8 Å². The van der Waals surface area contributed by atoms with Gasteiger partial charge in [-0.25, -0.2) is 0 Å². The first-order valence-electron chi connectivity index (χ1n) is 10.2. The van der Waals surface area contributed by atoms with Crippen LogP contribution in [-0.4, -0.2) is 18.4 Å². The second-order valence-electron chi connectivity index (χ2n) is 7.82. The number of unbranched alkanes of at least 4 members (excludes halogenated alkanes) is 3. The quantitative estimate of drug-likeness (QED) is 0.309. The second kappa shape index (κ2) is 11.4. The molecule has 0 spiro atoms. The van der Waals surface area contributed by atoms with Gasteiger partial charge in [0.05, 0.1) is 0 Å². The third-order valence-corrected chi connectivity index (χ3v) is 19.5. The van der Waals surface area contributed by atoms with Gasteiger partial charge >= 0.3 is 156 Å². The van der Waals surface area contributed by atoms with Gasteiger partial charge in [0, 0.05) is 0 Å². The maximum atomic E-state index is 2.81. The van der Waals surface area contributed by atoms with Gasteiger partial charge in [0.1, 0.15) is 0 Å². The molecule has 1 aromatic rings. The molecule has 0 aliphatic carbocycles. The van der Waals surface area contributed by atoms with Crippen molar-refractivity contribution in [2.75, 3.05) is 0 Å². The van der Waals surface area contributed by atoms with Crippen LogP contribution in [0.3, 0.4) is 0 Å². The summed E-state index contributed by atoms with van der Waals surface area (Å²) in [5.41, 5.74) is 5.78. The minimum atomic E-state index is -2.15. The van der Waals surface area contributed by atoms with Gasteiger partial charge < -0.3 is 0 Å². The van der Waals surface area contributed by atoms with E-state index >= 15 is 0 Å². The molecule has 0 saturated carbocycles. The fourth-order valence-electron chi connectivity index (χ4n) is 3.93. The summed E-state index contributed by atoms with van der Waals surface area (Å²) >= 11 is -2.15. The molecule has 24 heavy (non-hydrogen) atoms. The van der Waals surface area contributed by atoms with Gasteiger partial charge in [0.15, 0.2) is 0 Å². The van der Waals surface area contributed by atoms with E-state index in [9.17, 15) is 0 Å². The second-order valence-corrected chi connectivity index (χ2v) is 20.8. The maximum absolute atomic E-state index is 2.81. The molecule has 0 N–H and O–H groups in total. The van der Waals surface area contributed by atoms with Crippen molar-refractivity contribution < 1.29 is 0 Å². The molecule has 0 aliphatic rings. The number of hydrogen-bond donors (Lipinski definition) is 0. The first-order chi connectivity index (χ1) is 11.5. The Bertz CT molecular complexity index is 468. The molecule has 136 valence electrons. The number of benzene rings is 1. The van der Waals surface area contributed by atoms with Gasteiger partial charge in [-0.2, -0.15) is 0 Å². The summed E-state index contributed by atoms with van der Waals surface area (Å²) in [6, 6.07) is 4.68. The van der Waals surface area contributed by atoms with E-state index in [1.165, 1.54) is 60.8 Å². The van der Waals surface area contributed by atoms with E-state index < -0.39 is 18.4 Å². The Labute approximate surface area is 156 Å². The molecule has 0 bridgehead atoms. The molecule has 0 atom stereocenters. The Morgan fingerprint density at radius 2 is 1.17 bits per heavy atom. The van der Waals surface area contributed by atoms with E-state index in [-0.39, 0.29) is 0 Å². The van der Waals surface area contributed by atoms with Gasteiger partial charge in [0.2, 0.25) is 0 Å². The Hall–Kier alpha value is -0.241. The van der Waals surface area contributed by atoms with Crippen LogP contribution in [0.25, 0.3) is 6.08 Å². The Kier molecular flexibility index (Phi) is 10.3. The molecule has 0 nitrogen and oxygen atoms in total. The third kappa shape index (κ3) is 6.94. The summed E-state index contributed by atoms with van der Waals surface area (Å²) in [7, 11) is 0. The van der Waals surface area contributed by atoms with Gasteiger partial charge in [-0.3, -0.25) is 0 Å². The topological polar surface area (TPSA) is 0 Å². The first kappa shape index (κ1) is 21.8. The van der Waals surface area contributed by atoms with E-state index in [0.29, 0.717) is 0 Å². The van der Waals surface area contributed by atoms with Gasteiger partial charge in [0.25, 0.3) is 0 Å². The normalized spacial score (nSPS) is 12.2. The van der Waals surface area contributed by atoms with Crippen LogP contribution in [0.2, 0.25) is 13.3 Å². The van der Waals surface area contributed by atoms with Crippen LogP contribution >= 0.6 is 0 Å². The molecule has 0 saturated heterocycles. The number of hydrogen-bond acceptors (Lipinski definition) is 0. The van der Waals surface area contributed by atoms with Crippen molar-refractivity contribution in [3.63, 3.8) is 0 Å². The molecular weight excluding hydrogens is 395 g/mol. The van der Waals surface area contributed by atoms with Crippen LogP contribution in [-0.2, 0) is 0 Å². The van der Waals surface area contributed by atoms with Crippen molar-refractivity contribution in [1.29, 1.82) is 0 Å². The van der Waals surface area contributed by atoms with Crippen LogP contribution < -0.4 is 0 Å². The van der Waals surface area contributed by atoms with Crippen molar-refractivity contribution in [3.8, 4) is 0 Å². The van der Waals surface area contributed by atoms with E-state index in [0.717, 1.165) is 0 Å². The van der Waals surface area contributed by atoms with Crippen molar-refractivity contribution in [2.45, 2.75) is 93.4 Å². The molecule has 0 radical (unpaired) electrons. The SMILES string of the molecule is CCC[CH2][Sn](/[CH]=C/c1c(C)cc(C)cc1C)([CH2]CCC)[CH2]CCC. The average Bonchev–Trinajstić information content (AvgIpc) is 2.54. The molecule has 0 heterocycles. The van der Waals surface area contributed by atoms with E-state index in [1.807, 2.05) is 0 Å². The average molecular weight is 435 g/mol. The van der Waals surface area contributed by atoms with Crippen molar-refractivity contribution >= 4 is 24.5 Å². The molecular formula is C23H40Sn. The fraction of sp³-hybridized carbons (Fsp3) is 0.652. The third-order valence-electron chi connectivity index (χ3n) is 5.43. The standard InChI is InChI=1S/C11H13.3C4H9.Sn/c1-5-11-9(3)6-8(2)7-10(11)4;3*1-3-4-2;/h1,5-7H,2-4H3;3*1,3-4H2,2H3;. The van der Waals surface area contributed by atoms with E-state index in [1.54, 1.807) is 13.3 Å². The zero-order valence-corrected chi connectivity index (χ0v) is 20.0. The summed E-state index contributed by atoms with van der Waals surface area (Å²) in [5.74, 6) is 0. The molecule has 1 aromatic carbocycles. The van der Waals surface area contributed by atoms with Crippen molar-refractivity contribution in [2.24, 2.45) is 0 Å². The number of rotatable bonds is 11. The Balaban J connectivity index is 3.12. The van der Waals surface area contributed by atoms with E-state index in [2.05, 4.69) is 63.8 Å². The van der Waals surface area contributed by atoms with E-state index in [4.69, 9.17) is 0 Å².